The maximum atomic E-state index is 12.7. The number of carbonyl (C=O) groups excluding carboxylic acids is 1. The predicted molar refractivity (Wildman–Crippen MR) is 76.9 cm³/mol. The molecule has 0 aliphatic rings. The summed E-state index contributed by atoms with van der Waals surface area (Å²) in [6, 6.07) is 5.70. The molecule has 2 aromatic rings. The molecule has 0 unspecified atom stereocenters. The highest BCUT2D eigenvalue weighted by atomic mass is 16.2. The van der Waals surface area contributed by atoms with Crippen LogP contribution in [0.4, 0.5) is 5.69 Å². The predicted octanol–water partition coefficient (Wildman–Crippen LogP) is 1.45. The van der Waals surface area contributed by atoms with Gasteiger partial charge in [-0.2, -0.15) is 5.10 Å². The van der Waals surface area contributed by atoms with Gasteiger partial charge in [-0.25, -0.2) is 0 Å². The maximum Gasteiger partial charge on any atom is 0.274 e. The molecule has 0 radical (unpaired) electrons. The van der Waals surface area contributed by atoms with Crippen molar-refractivity contribution < 1.29 is 4.79 Å². The Morgan fingerprint density at radius 2 is 2.20 bits per heavy atom. The van der Waals surface area contributed by atoms with Crippen LogP contribution in [0.15, 0.2) is 30.6 Å². The van der Waals surface area contributed by atoms with E-state index in [-0.39, 0.29) is 11.9 Å². The van der Waals surface area contributed by atoms with Gasteiger partial charge < -0.3 is 10.6 Å². The normalized spacial score (nSPS) is 10.8. The molecule has 0 bridgehead atoms. The number of nitrogens with zero attached hydrogens (tertiary/aromatic N) is 4. The van der Waals surface area contributed by atoms with Gasteiger partial charge in [0.05, 0.1) is 24.1 Å². The van der Waals surface area contributed by atoms with Gasteiger partial charge in [0, 0.05) is 19.3 Å². The van der Waals surface area contributed by atoms with E-state index in [9.17, 15) is 4.79 Å². The van der Waals surface area contributed by atoms with E-state index < -0.39 is 0 Å². The standard InChI is InChI=1S/C14H19N5O/c1-10(2)19(9-11-6-4-5-7-16-11)14(20)13-12(15)8-17-18(13)3/h4-8,10H,9,15H2,1-3H3. The molecule has 2 rings (SSSR count). The van der Waals surface area contributed by atoms with Crippen molar-refractivity contribution in [2.75, 3.05) is 5.73 Å². The number of amides is 1. The molecule has 1 amide bonds. The van der Waals surface area contributed by atoms with Crippen molar-refractivity contribution >= 4 is 11.6 Å². The molecule has 106 valence electrons. The van der Waals surface area contributed by atoms with Crippen molar-refractivity contribution in [3.63, 3.8) is 0 Å². The van der Waals surface area contributed by atoms with Crippen LogP contribution in [0.1, 0.15) is 30.0 Å². The number of aromatic nitrogens is 3. The third-order valence-electron chi connectivity index (χ3n) is 3.11. The molecule has 0 saturated heterocycles. The molecule has 2 heterocycles. The average Bonchev–Trinajstić information content (AvgIpc) is 2.76. The van der Waals surface area contributed by atoms with Gasteiger partial charge in [-0.05, 0) is 26.0 Å². The third-order valence-corrected chi connectivity index (χ3v) is 3.11. The topological polar surface area (TPSA) is 77.0 Å². The van der Waals surface area contributed by atoms with E-state index in [0.717, 1.165) is 5.69 Å². The molecule has 0 aliphatic carbocycles. The molecule has 2 aromatic heterocycles. The highest BCUT2D eigenvalue weighted by molar-refractivity contribution is 5.97. The van der Waals surface area contributed by atoms with E-state index in [1.807, 2.05) is 32.0 Å². The summed E-state index contributed by atoms with van der Waals surface area (Å²) < 4.78 is 1.51. The summed E-state index contributed by atoms with van der Waals surface area (Å²) >= 11 is 0. The number of aryl methyl sites for hydroxylation is 1. The number of pyridine rings is 1. The average molecular weight is 273 g/mol. The molecule has 6 nitrogen and oxygen atoms in total. The molecule has 0 aliphatic heterocycles. The van der Waals surface area contributed by atoms with Gasteiger partial charge in [-0.1, -0.05) is 6.07 Å². The summed E-state index contributed by atoms with van der Waals surface area (Å²) in [6.07, 6.45) is 3.21. The zero-order chi connectivity index (χ0) is 14.7. The van der Waals surface area contributed by atoms with Crippen LogP contribution in [0.3, 0.4) is 0 Å². The number of rotatable bonds is 4. The Morgan fingerprint density at radius 3 is 2.70 bits per heavy atom. The van der Waals surface area contributed by atoms with Crippen LogP contribution in [0.25, 0.3) is 0 Å². The summed E-state index contributed by atoms with van der Waals surface area (Å²) in [6.45, 7) is 4.38. The fourth-order valence-corrected chi connectivity index (χ4v) is 2.01. The van der Waals surface area contributed by atoms with Crippen LogP contribution >= 0.6 is 0 Å². The maximum absolute atomic E-state index is 12.7. The number of hydrogen-bond donors (Lipinski definition) is 1. The molecule has 2 N–H and O–H groups in total. The first-order chi connectivity index (χ1) is 9.50. The van der Waals surface area contributed by atoms with Crippen molar-refractivity contribution in [2.24, 2.45) is 7.05 Å². The Hall–Kier alpha value is -2.37. The lowest BCUT2D eigenvalue weighted by Gasteiger charge is -2.26. The quantitative estimate of drug-likeness (QED) is 0.914. The molecule has 0 atom stereocenters. The van der Waals surface area contributed by atoms with E-state index in [4.69, 9.17) is 5.73 Å². The Kier molecular flexibility index (Phi) is 4.02. The summed E-state index contributed by atoms with van der Waals surface area (Å²) in [5, 5.41) is 4.01. The van der Waals surface area contributed by atoms with Crippen molar-refractivity contribution in [3.05, 3.63) is 42.0 Å². The van der Waals surface area contributed by atoms with Gasteiger partial charge in [0.25, 0.3) is 5.91 Å². The minimum absolute atomic E-state index is 0.0406. The van der Waals surface area contributed by atoms with E-state index in [2.05, 4.69) is 10.1 Å². The van der Waals surface area contributed by atoms with Crippen molar-refractivity contribution in [1.82, 2.24) is 19.7 Å². The number of nitrogen functional groups attached to an aromatic ring is 1. The van der Waals surface area contributed by atoms with Gasteiger partial charge in [0.1, 0.15) is 5.69 Å². The lowest BCUT2D eigenvalue weighted by atomic mass is 10.2. The summed E-state index contributed by atoms with van der Waals surface area (Å²) in [4.78, 5) is 18.6. The lowest BCUT2D eigenvalue weighted by Crippen LogP contribution is -2.38. The third kappa shape index (κ3) is 2.79. The van der Waals surface area contributed by atoms with Crippen LogP contribution in [0.5, 0.6) is 0 Å². The molecule has 6 heteroatoms. The minimum Gasteiger partial charge on any atom is -0.396 e. The smallest absolute Gasteiger partial charge is 0.274 e. The number of anilines is 1. The largest absolute Gasteiger partial charge is 0.396 e. The lowest BCUT2D eigenvalue weighted by molar-refractivity contribution is 0.0677. The van der Waals surface area contributed by atoms with Crippen molar-refractivity contribution in [2.45, 2.75) is 26.4 Å². The van der Waals surface area contributed by atoms with E-state index in [1.165, 1.54) is 10.9 Å². The molecule has 0 spiro atoms. The fraction of sp³-hybridized carbons (Fsp3) is 0.357. The zero-order valence-corrected chi connectivity index (χ0v) is 11.9. The number of nitrogens with two attached hydrogens (primary N) is 1. The van der Waals surface area contributed by atoms with Crippen LogP contribution < -0.4 is 5.73 Å². The Labute approximate surface area is 118 Å². The van der Waals surface area contributed by atoms with Crippen LogP contribution in [-0.4, -0.2) is 31.6 Å². The van der Waals surface area contributed by atoms with Crippen LogP contribution in [-0.2, 0) is 13.6 Å². The first-order valence-corrected chi connectivity index (χ1v) is 6.49. The van der Waals surface area contributed by atoms with E-state index in [0.29, 0.717) is 17.9 Å². The molecule has 20 heavy (non-hydrogen) atoms. The summed E-state index contributed by atoms with van der Waals surface area (Å²) in [7, 11) is 1.71. The Balaban J connectivity index is 2.28. The Bertz CT molecular complexity index is 571. The first kappa shape index (κ1) is 14.0. The summed E-state index contributed by atoms with van der Waals surface area (Å²) in [5.74, 6) is -0.136. The number of hydrogen-bond acceptors (Lipinski definition) is 4. The highest BCUT2D eigenvalue weighted by Gasteiger charge is 2.24. The van der Waals surface area contributed by atoms with Gasteiger partial charge >= 0.3 is 0 Å². The van der Waals surface area contributed by atoms with Crippen LogP contribution in [0, 0.1) is 0 Å². The van der Waals surface area contributed by atoms with Crippen LogP contribution in [0.2, 0.25) is 0 Å². The van der Waals surface area contributed by atoms with E-state index in [1.54, 1.807) is 18.1 Å². The molecule has 0 saturated carbocycles. The highest BCUT2D eigenvalue weighted by Crippen LogP contribution is 2.16. The van der Waals surface area contributed by atoms with Gasteiger partial charge in [0.2, 0.25) is 0 Å². The molecule has 0 fully saturated rings. The molecular weight excluding hydrogens is 254 g/mol. The molecular formula is C14H19N5O. The Morgan fingerprint density at radius 1 is 1.45 bits per heavy atom. The van der Waals surface area contributed by atoms with E-state index >= 15 is 0 Å². The second kappa shape index (κ2) is 5.73. The van der Waals surface area contributed by atoms with Gasteiger partial charge in [-0.3, -0.25) is 14.5 Å². The SMILES string of the molecule is CC(C)N(Cc1ccccn1)C(=O)c1c(N)cnn1C. The number of carbonyl (C=O) groups is 1. The fourth-order valence-electron chi connectivity index (χ4n) is 2.01. The zero-order valence-electron chi connectivity index (χ0n) is 11.9. The van der Waals surface area contributed by atoms with Crippen molar-refractivity contribution in [1.29, 1.82) is 0 Å². The van der Waals surface area contributed by atoms with Crippen molar-refractivity contribution in [3.8, 4) is 0 Å². The monoisotopic (exact) mass is 273 g/mol. The summed E-state index contributed by atoms with van der Waals surface area (Å²) in [5.41, 5.74) is 7.47. The second-order valence-corrected chi connectivity index (χ2v) is 4.92. The van der Waals surface area contributed by atoms with Gasteiger partial charge in [-0.15, -0.1) is 0 Å². The van der Waals surface area contributed by atoms with Gasteiger partial charge in [0.15, 0.2) is 0 Å². The minimum atomic E-state index is -0.136. The molecule has 0 aromatic carbocycles. The second-order valence-electron chi connectivity index (χ2n) is 4.92. The first-order valence-electron chi connectivity index (χ1n) is 6.49.